The number of ether oxygens (including phenoxy) is 1. The molecule has 20 heavy (non-hydrogen) atoms. The summed E-state index contributed by atoms with van der Waals surface area (Å²) in [5.41, 5.74) is 0.00806. The average Bonchev–Trinajstić information content (AvgIpc) is 2.41. The highest BCUT2D eigenvalue weighted by Crippen LogP contribution is 2.32. The monoisotopic (exact) mass is 279 g/mol. The van der Waals surface area contributed by atoms with E-state index in [1.807, 2.05) is 31.2 Å². The fraction of sp³-hybridized carbons (Fsp3) is 0.647. The molecule has 3 nitrogen and oxygen atoms in total. The molecule has 0 saturated carbocycles. The Bertz CT molecular complexity index is 388. The minimum atomic E-state index is -0.867. The lowest BCUT2D eigenvalue weighted by atomic mass is 9.91. The molecule has 1 atom stereocenters. The molecular weight excluding hydrogens is 250 g/mol. The molecule has 0 fully saturated rings. The van der Waals surface area contributed by atoms with Gasteiger partial charge in [0.05, 0.1) is 12.2 Å². The lowest BCUT2D eigenvalue weighted by Gasteiger charge is -2.26. The summed E-state index contributed by atoms with van der Waals surface area (Å²) in [7, 11) is 0. The van der Waals surface area contributed by atoms with Gasteiger partial charge in [-0.15, -0.1) is 0 Å². The Morgan fingerprint density at radius 1 is 1.30 bits per heavy atom. The van der Waals surface area contributed by atoms with Crippen LogP contribution in [0.5, 0.6) is 5.75 Å². The minimum Gasteiger partial charge on any atom is -0.493 e. The van der Waals surface area contributed by atoms with Crippen LogP contribution < -0.4 is 10.1 Å². The zero-order chi connectivity index (χ0) is 15.0. The SMILES string of the molecule is CCCOc1ccccc1C(C)(O)CCNCC(C)C. The maximum Gasteiger partial charge on any atom is 0.125 e. The molecule has 114 valence electrons. The third-order valence-electron chi connectivity index (χ3n) is 3.27. The van der Waals surface area contributed by atoms with Crippen molar-refractivity contribution in [3.05, 3.63) is 29.8 Å². The molecule has 0 aliphatic carbocycles. The van der Waals surface area contributed by atoms with Gasteiger partial charge in [0, 0.05) is 5.56 Å². The van der Waals surface area contributed by atoms with Gasteiger partial charge in [-0.25, -0.2) is 0 Å². The van der Waals surface area contributed by atoms with Crippen molar-refractivity contribution in [1.82, 2.24) is 5.32 Å². The molecule has 1 rings (SSSR count). The Hall–Kier alpha value is -1.06. The van der Waals surface area contributed by atoms with Gasteiger partial charge < -0.3 is 15.2 Å². The van der Waals surface area contributed by atoms with Crippen LogP contribution in [0, 0.1) is 5.92 Å². The van der Waals surface area contributed by atoms with E-state index in [0.717, 1.165) is 30.8 Å². The molecule has 2 N–H and O–H groups in total. The summed E-state index contributed by atoms with van der Waals surface area (Å²) in [6, 6.07) is 7.78. The van der Waals surface area contributed by atoms with Crippen molar-refractivity contribution in [2.75, 3.05) is 19.7 Å². The summed E-state index contributed by atoms with van der Waals surface area (Å²) in [6.07, 6.45) is 1.64. The highest BCUT2D eigenvalue weighted by molar-refractivity contribution is 5.37. The number of hydrogen-bond acceptors (Lipinski definition) is 3. The first kappa shape index (κ1) is 17.0. The topological polar surface area (TPSA) is 41.5 Å². The van der Waals surface area contributed by atoms with E-state index in [9.17, 15) is 5.11 Å². The molecule has 1 aromatic rings. The number of nitrogens with one attached hydrogen (secondary N) is 1. The second kappa shape index (κ2) is 8.28. The first-order valence-electron chi connectivity index (χ1n) is 7.62. The van der Waals surface area contributed by atoms with Crippen molar-refractivity contribution in [2.24, 2.45) is 5.92 Å². The maximum absolute atomic E-state index is 10.7. The highest BCUT2D eigenvalue weighted by atomic mass is 16.5. The van der Waals surface area contributed by atoms with Crippen molar-refractivity contribution in [3.8, 4) is 5.75 Å². The van der Waals surface area contributed by atoms with Crippen molar-refractivity contribution in [3.63, 3.8) is 0 Å². The molecule has 0 bridgehead atoms. The summed E-state index contributed by atoms with van der Waals surface area (Å²) in [5, 5.41) is 14.1. The van der Waals surface area contributed by atoms with E-state index in [-0.39, 0.29) is 0 Å². The molecule has 0 spiro atoms. The summed E-state index contributed by atoms with van der Waals surface area (Å²) < 4.78 is 5.74. The van der Waals surface area contributed by atoms with Crippen molar-refractivity contribution >= 4 is 0 Å². The number of rotatable bonds is 9. The molecule has 0 saturated heterocycles. The van der Waals surface area contributed by atoms with Crippen molar-refractivity contribution in [1.29, 1.82) is 0 Å². The largest absolute Gasteiger partial charge is 0.493 e. The van der Waals surface area contributed by atoms with Gasteiger partial charge in [0.1, 0.15) is 5.75 Å². The standard InChI is InChI=1S/C17H29NO2/c1-5-12-20-16-9-7-6-8-15(16)17(4,19)10-11-18-13-14(2)3/h6-9,14,18-19H,5,10-13H2,1-4H3. The molecule has 1 aromatic carbocycles. The summed E-state index contributed by atoms with van der Waals surface area (Å²) in [4.78, 5) is 0. The van der Waals surface area contributed by atoms with Gasteiger partial charge in [0.2, 0.25) is 0 Å². The Labute approximate surface area is 123 Å². The van der Waals surface area contributed by atoms with E-state index in [1.54, 1.807) is 0 Å². The van der Waals surface area contributed by atoms with E-state index in [1.165, 1.54) is 0 Å². The van der Waals surface area contributed by atoms with Gasteiger partial charge >= 0.3 is 0 Å². The van der Waals surface area contributed by atoms with E-state index >= 15 is 0 Å². The summed E-state index contributed by atoms with van der Waals surface area (Å²) in [5.74, 6) is 1.42. The van der Waals surface area contributed by atoms with Crippen LogP contribution in [0.25, 0.3) is 0 Å². The zero-order valence-electron chi connectivity index (χ0n) is 13.3. The Morgan fingerprint density at radius 2 is 2.00 bits per heavy atom. The third-order valence-corrected chi connectivity index (χ3v) is 3.27. The van der Waals surface area contributed by atoms with Crippen LogP contribution >= 0.6 is 0 Å². The average molecular weight is 279 g/mol. The smallest absolute Gasteiger partial charge is 0.125 e. The van der Waals surface area contributed by atoms with E-state index in [0.29, 0.717) is 18.9 Å². The van der Waals surface area contributed by atoms with Gasteiger partial charge in [0.15, 0.2) is 0 Å². The predicted molar refractivity (Wildman–Crippen MR) is 84.1 cm³/mol. The predicted octanol–water partition coefficient (Wildman–Crippen LogP) is 3.32. The normalized spacial score (nSPS) is 14.3. The van der Waals surface area contributed by atoms with Crippen LogP contribution in [-0.4, -0.2) is 24.8 Å². The molecule has 0 aliphatic heterocycles. The first-order chi connectivity index (χ1) is 9.47. The molecule has 0 aliphatic rings. The third kappa shape index (κ3) is 5.51. The van der Waals surface area contributed by atoms with Gasteiger partial charge in [-0.1, -0.05) is 39.0 Å². The fourth-order valence-corrected chi connectivity index (χ4v) is 2.11. The summed E-state index contributed by atoms with van der Waals surface area (Å²) >= 11 is 0. The number of benzene rings is 1. The molecular formula is C17H29NO2. The van der Waals surface area contributed by atoms with Crippen LogP contribution in [0.2, 0.25) is 0 Å². The van der Waals surface area contributed by atoms with Crippen LogP contribution in [0.1, 0.15) is 46.1 Å². The van der Waals surface area contributed by atoms with Crippen LogP contribution in [0.3, 0.4) is 0 Å². The van der Waals surface area contributed by atoms with Gasteiger partial charge in [-0.05, 0) is 44.8 Å². The van der Waals surface area contributed by atoms with E-state index in [2.05, 4.69) is 26.1 Å². The first-order valence-corrected chi connectivity index (χ1v) is 7.62. The van der Waals surface area contributed by atoms with Crippen molar-refractivity contribution in [2.45, 2.75) is 46.1 Å². The zero-order valence-corrected chi connectivity index (χ0v) is 13.3. The van der Waals surface area contributed by atoms with Crippen LogP contribution in [0.15, 0.2) is 24.3 Å². The lowest BCUT2D eigenvalue weighted by Crippen LogP contribution is -2.30. The van der Waals surface area contributed by atoms with E-state index in [4.69, 9.17) is 4.74 Å². The molecule has 0 radical (unpaired) electrons. The van der Waals surface area contributed by atoms with Gasteiger partial charge in [-0.2, -0.15) is 0 Å². The summed E-state index contributed by atoms with van der Waals surface area (Å²) in [6.45, 7) is 10.8. The lowest BCUT2D eigenvalue weighted by molar-refractivity contribution is 0.0446. The molecule has 0 amide bonds. The quantitative estimate of drug-likeness (QED) is 0.681. The minimum absolute atomic E-state index is 0.625. The maximum atomic E-state index is 10.7. The molecule has 0 aromatic heterocycles. The molecule has 0 heterocycles. The van der Waals surface area contributed by atoms with Crippen LogP contribution in [0.4, 0.5) is 0 Å². The Balaban J connectivity index is 2.65. The second-order valence-electron chi connectivity index (χ2n) is 5.97. The molecule has 3 heteroatoms. The Kier molecular flexibility index (Phi) is 7.03. The van der Waals surface area contributed by atoms with Crippen LogP contribution in [-0.2, 0) is 5.60 Å². The van der Waals surface area contributed by atoms with E-state index < -0.39 is 5.60 Å². The van der Waals surface area contributed by atoms with Gasteiger partial charge in [-0.3, -0.25) is 0 Å². The number of hydrogen-bond donors (Lipinski definition) is 2. The fourth-order valence-electron chi connectivity index (χ4n) is 2.11. The highest BCUT2D eigenvalue weighted by Gasteiger charge is 2.26. The van der Waals surface area contributed by atoms with Gasteiger partial charge in [0.25, 0.3) is 0 Å². The Morgan fingerprint density at radius 3 is 2.65 bits per heavy atom. The number of aliphatic hydroxyl groups is 1. The number of para-hydroxylation sites is 1. The molecule has 1 unspecified atom stereocenters. The second-order valence-corrected chi connectivity index (χ2v) is 5.97. The van der Waals surface area contributed by atoms with Crippen molar-refractivity contribution < 1.29 is 9.84 Å².